The van der Waals surface area contributed by atoms with Crippen LogP contribution in [0.15, 0.2) is 59.5 Å². The first-order chi connectivity index (χ1) is 13.6. The SMILES string of the molecule is CCn1c(=O)c2ccnn2c2ccc(C(=O)NCc3ccccc3OC)cc21. The summed E-state index contributed by atoms with van der Waals surface area (Å²) in [6.07, 6.45) is 1.60. The lowest BCUT2D eigenvalue weighted by atomic mass is 10.1. The Bertz CT molecular complexity index is 1240. The molecular weight excluding hydrogens is 356 g/mol. The molecule has 7 nitrogen and oxygen atoms in total. The van der Waals surface area contributed by atoms with Gasteiger partial charge in [0.1, 0.15) is 11.3 Å². The highest BCUT2D eigenvalue weighted by Crippen LogP contribution is 2.18. The molecule has 0 aliphatic carbocycles. The van der Waals surface area contributed by atoms with Crippen molar-refractivity contribution in [2.24, 2.45) is 0 Å². The van der Waals surface area contributed by atoms with Gasteiger partial charge < -0.3 is 14.6 Å². The molecule has 0 bridgehead atoms. The van der Waals surface area contributed by atoms with Gasteiger partial charge in [0, 0.05) is 24.2 Å². The molecule has 0 aliphatic rings. The Hall–Kier alpha value is -3.61. The van der Waals surface area contributed by atoms with Crippen molar-refractivity contribution in [3.05, 3.63) is 76.2 Å². The number of nitrogens with zero attached hydrogens (tertiary/aromatic N) is 3. The molecule has 7 heteroatoms. The number of nitrogens with one attached hydrogen (secondary N) is 1. The van der Waals surface area contributed by atoms with Gasteiger partial charge in [-0.2, -0.15) is 5.10 Å². The lowest BCUT2D eigenvalue weighted by molar-refractivity contribution is 0.0951. The van der Waals surface area contributed by atoms with Crippen LogP contribution in [0.3, 0.4) is 0 Å². The van der Waals surface area contributed by atoms with Gasteiger partial charge in [0.25, 0.3) is 11.5 Å². The lowest BCUT2D eigenvalue weighted by Crippen LogP contribution is -2.25. The van der Waals surface area contributed by atoms with Crippen molar-refractivity contribution in [3.63, 3.8) is 0 Å². The van der Waals surface area contributed by atoms with E-state index in [1.165, 1.54) is 0 Å². The lowest BCUT2D eigenvalue weighted by Gasteiger charge is -2.12. The Morgan fingerprint density at radius 1 is 1.11 bits per heavy atom. The minimum absolute atomic E-state index is 0.126. The molecule has 1 N–H and O–H groups in total. The van der Waals surface area contributed by atoms with Gasteiger partial charge in [-0.25, -0.2) is 4.52 Å². The minimum atomic E-state index is -0.219. The first-order valence-electron chi connectivity index (χ1n) is 9.04. The molecule has 0 unspecified atom stereocenters. The number of hydrogen-bond donors (Lipinski definition) is 1. The van der Waals surface area contributed by atoms with Crippen LogP contribution in [0.1, 0.15) is 22.8 Å². The van der Waals surface area contributed by atoms with E-state index in [9.17, 15) is 9.59 Å². The summed E-state index contributed by atoms with van der Waals surface area (Å²) < 4.78 is 8.59. The molecule has 2 heterocycles. The van der Waals surface area contributed by atoms with Crippen molar-refractivity contribution in [2.75, 3.05) is 7.11 Å². The zero-order valence-corrected chi connectivity index (χ0v) is 15.7. The summed E-state index contributed by atoms with van der Waals surface area (Å²) >= 11 is 0. The summed E-state index contributed by atoms with van der Waals surface area (Å²) in [6.45, 7) is 2.76. The van der Waals surface area contributed by atoms with Crippen molar-refractivity contribution >= 4 is 22.5 Å². The quantitative estimate of drug-likeness (QED) is 0.581. The Kier molecular flexibility index (Phi) is 4.57. The normalized spacial score (nSPS) is 11.1. The molecule has 28 heavy (non-hydrogen) atoms. The van der Waals surface area contributed by atoms with E-state index in [0.29, 0.717) is 29.7 Å². The maximum absolute atomic E-state index is 12.7. The average molecular weight is 376 g/mol. The Labute approximate surface area is 161 Å². The molecule has 2 aromatic heterocycles. The van der Waals surface area contributed by atoms with Crippen molar-refractivity contribution in [1.29, 1.82) is 0 Å². The van der Waals surface area contributed by atoms with E-state index in [1.54, 1.807) is 40.6 Å². The third-order valence-electron chi connectivity index (χ3n) is 4.81. The fraction of sp³-hybridized carbons (Fsp3) is 0.190. The van der Waals surface area contributed by atoms with Crippen molar-refractivity contribution < 1.29 is 9.53 Å². The maximum atomic E-state index is 12.7. The predicted molar refractivity (Wildman–Crippen MR) is 107 cm³/mol. The number of aryl methyl sites for hydroxylation is 1. The maximum Gasteiger partial charge on any atom is 0.277 e. The number of amides is 1. The van der Waals surface area contributed by atoms with Crippen molar-refractivity contribution in [2.45, 2.75) is 20.0 Å². The number of para-hydroxylation sites is 1. The Morgan fingerprint density at radius 3 is 2.71 bits per heavy atom. The van der Waals surface area contributed by atoms with Crippen molar-refractivity contribution in [3.8, 4) is 5.75 Å². The first kappa shape index (κ1) is 17.8. The van der Waals surface area contributed by atoms with Gasteiger partial charge in [-0.15, -0.1) is 0 Å². The van der Waals surface area contributed by atoms with Crippen LogP contribution in [0, 0.1) is 0 Å². The second-order valence-corrected chi connectivity index (χ2v) is 6.38. The summed E-state index contributed by atoms with van der Waals surface area (Å²) in [5.74, 6) is 0.505. The molecule has 142 valence electrons. The molecular formula is C21H20N4O3. The molecule has 0 atom stereocenters. The number of benzene rings is 2. The Morgan fingerprint density at radius 2 is 1.93 bits per heavy atom. The Balaban J connectivity index is 1.70. The van der Waals surface area contributed by atoms with E-state index in [-0.39, 0.29) is 11.5 Å². The van der Waals surface area contributed by atoms with Crippen LogP contribution in [-0.2, 0) is 13.1 Å². The second kappa shape index (κ2) is 7.19. The van der Waals surface area contributed by atoms with Crippen molar-refractivity contribution in [1.82, 2.24) is 19.5 Å². The highest BCUT2D eigenvalue weighted by atomic mass is 16.5. The van der Waals surface area contributed by atoms with Crippen LogP contribution in [0.25, 0.3) is 16.6 Å². The summed E-state index contributed by atoms with van der Waals surface area (Å²) in [7, 11) is 1.60. The third-order valence-corrected chi connectivity index (χ3v) is 4.81. The standard InChI is InChI=1S/C21H20N4O3/c1-3-24-18-12-14(8-9-16(18)25-17(21(24)27)10-11-23-25)20(26)22-13-15-6-4-5-7-19(15)28-2/h4-12H,3,13H2,1-2H3,(H,22,26). The van der Waals surface area contributed by atoms with Gasteiger partial charge in [-0.05, 0) is 37.3 Å². The zero-order chi connectivity index (χ0) is 19.7. The average Bonchev–Trinajstić information content (AvgIpc) is 3.22. The van der Waals surface area contributed by atoms with Gasteiger partial charge in [0.2, 0.25) is 0 Å². The van der Waals surface area contributed by atoms with Crippen LogP contribution >= 0.6 is 0 Å². The molecule has 0 radical (unpaired) electrons. The highest BCUT2D eigenvalue weighted by Gasteiger charge is 2.14. The molecule has 4 rings (SSSR count). The molecule has 1 amide bonds. The van der Waals surface area contributed by atoms with Gasteiger partial charge >= 0.3 is 0 Å². The number of carbonyl (C=O) groups is 1. The second-order valence-electron chi connectivity index (χ2n) is 6.38. The summed E-state index contributed by atoms with van der Waals surface area (Å²) in [5.41, 5.74) is 3.22. The minimum Gasteiger partial charge on any atom is -0.496 e. The van der Waals surface area contributed by atoms with E-state index < -0.39 is 0 Å². The number of carbonyl (C=O) groups excluding carboxylic acids is 1. The van der Waals surface area contributed by atoms with Gasteiger partial charge in [-0.3, -0.25) is 9.59 Å². The zero-order valence-electron chi connectivity index (χ0n) is 15.7. The molecule has 0 saturated heterocycles. The molecule has 2 aromatic carbocycles. The molecule has 0 saturated carbocycles. The van der Waals surface area contributed by atoms with E-state index in [1.807, 2.05) is 37.3 Å². The number of methoxy groups -OCH3 is 1. The molecule has 4 aromatic rings. The molecule has 0 spiro atoms. The molecule has 0 aliphatic heterocycles. The van der Waals surface area contributed by atoms with Crippen LogP contribution in [0.2, 0.25) is 0 Å². The summed E-state index contributed by atoms with van der Waals surface area (Å²) in [4.78, 5) is 25.4. The van der Waals surface area contributed by atoms with Gasteiger partial charge in [-0.1, -0.05) is 18.2 Å². The highest BCUT2D eigenvalue weighted by molar-refractivity contribution is 5.97. The number of hydrogen-bond acceptors (Lipinski definition) is 4. The van der Waals surface area contributed by atoms with E-state index in [2.05, 4.69) is 10.4 Å². The largest absolute Gasteiger partial charge is 0.496 e. The smallest absolute Gasteiger partial charge is 0.277 e. The van der Waals surface area contributed by atoms with Crippen LogP contribution < -0.4 is 15.6 Å². The van der Waals surface area contributed by atoms with E-state index >= 15 is 0 Å². The number of ether oxygens (including phenoxy) is 1. The fourth-order valence-corrected chi connectivity index (χ4v) is 3.41. The van der Waals surface area contributed by atoms with E-state index in [4.69, 9.17) is 4.74 Å². The number of fused-ring (bicyclic) bond motifs is 3. The monoisotopic (exact) mass is 376 g/mol. The predicted octanol–water partition coefficient (Wildman–Crippen LogP) is 2.61. The van der Waals surface area contributed by atoms with E-state index in [0.717, 1.165) is 16.8 Å². The number of rotatable bonds is 5. The first-order valence-corrected chi connectivity index (χ1v) is 9.04. The van der Waals surface area contributed by atoms with Crippen LogP contribution in [0.5, 0.6) is 5.75 Å². The van der Waals surface area contributed by atoms with Crippen LogP contribution in [-0.4, -0.2) is 27.2 Å². The summed E-state index contributed by atoms with van der Waals surface area (Å²) in [6, 6.07) is 14.5. The topological polar surface area (TPSA) is 77.6 Å². The van der Waals surface area contributed by atoms with Gasteiger partial charge in [0.15, 0.2) is 0 Å². The molecule has 0 fully saturated rings. The van der Waals surface area contributed by atoms with Gasteiger partial charge in [0.05, 0.1) is 24.3 Å². The third kappa shape index (κ3) is 2.90. The summed E-state index contributed by atoms with van der Waals surface area (Å²) in [5, 5.41) is 7.15. The fourth-order valence-electron chi connectivity index (χ4n) is 3.41. The number of aromatic nitrogens is 3. The van der Waals surface area contributed by atoms with Crippen LogP contribution in [0.4, 0.5) is 0 Å².